The van der Waals surface area contributed by atoms with E-state index in [0.29, 0.717) is 17.8 Å². The summed E-state index contributed by atoms with van der Waals surface area (Å²) in [6.07, 6.45) is -0.239. The fourth-order valence-corrected chi connectivity index (χ4v) is 3.46. The first kappa shape index (κ1) is 12.7. The molecule has 1 aliphatic heterocycles. The van der Waals surface area contributed by atoms with Gasteiger partial charge in [0.25, 0.3) is 0 Å². The number of hydrogen-bond donors (Lipinski definition) is 2. The second-order valence-corrected chi connectivity index (χ2v) is 6.55. The van der Waals surface area contributed by atoms with Crippen molar-refractivity contribution in [3.8, 4) is 0 Å². The highest BCUT2D eigenvalue weighted by atomic mass is 32.2. The van der Waals surface area contributed by atoms with Crippen molar-refractivity contribution in [2.24, 2.45) is 0 Å². The van der Waals surface area contributed by atoms with E-state index in [9.17, 15) is 13.2 Å². The van der Waals surface area contributed by atoms with Crippen LogP contribution >= 0.6 is 0 Å². The van der Waals surface area contributed by atoms with E-state index in [1.807, 2.05) is 0 Å². The number of ether oxygens (including phenoxy) is 1. The molecule has 1 atom stereocenters. The molecule has 2 rings (SSSR count). The summed E-state index contributed by atoms with van der Waals surface area (Å²) in [5.74, 6) is -0.656. The number of rotatable bonds is 2. The van der Waals surface area contributed by atoms with Crippen molar-refractivity contribution in [2.45, 2.75) is 12.5 Å². The van der Waals surface area contributed by atoms with Crippen molar-refractivity contribution < 1.29 is 17.9 Å². The minimum absolute atomic E-state index is 0.0595. The first-order valence-electron chi connectivity index (χ1n) is 5.43. The molecule has 6 nitrogen and oxygen atoms in total. The van der Waals surface area contributed by atoms with Crippen LogP contribution in [0.1, 0.15) is 16.8 Å². The lowest BCUT2D eigenvalue weighted by molar-refractivity contribution is 0.0356. The summed E-state index contributed by atoms with van der Waals surface area (Å²) in [5, 5.41) is 0. The second kappa shape index (κ2) is 4.49. The van der Waals surface area contributed by atoms with Crippen molar-refractivity contribution in [2.75, 3.05) is 23.0 Å². The third kappa shape index (κ3) is 2.92. The van der Waals surface area contributed by atoms with Crippen molar-refractivity contribution in [3.05, 3.63) is 23.8 Å². The molecule has 0 bridgehead atoms. The predicted octanol–water partition coefficient (Wildman–Crippen LogP) is 0.195. The Morgan fingerprint density at radius 2 is 1.83 bits per heavy atom. The number of nitrogen functional groups attached to an aromatic ring is 2. The first-order chi connectivity index (χ1) is 8.35. The van der Waals surface area contributed by atoms with Crippen LogP contribution in [0.15, 0.2) is 18.2 Å². The van der Waals surface area contributed by atoms with E-state index < -0.39 is 21.9 Å². The van der Waals surface area contributed by atoms with Gasteiger partial charge in [0.15, 0.2) is 9.84 Å². The number of carbonyl (C=O) groups excluding carboxylic acids is 1. The Morgan fingerprint density at radius 1 is 1.22 bits per heavy atom. The minimum atomic E-state index is -3.07. The molecule has 1 aliphatic rings. The molecule has 7 heteroatoms. The number of anilines is 2. The van der Waals surface area contributed by atoms with Crippen molar-refractivity contribution in [3.63, 3.8) is 0 Å². The molecule has 18 heavy (non-hydrogen) atoms. The number of nitrogens with two attached hydrogens (primary N) is 2. The summed E-state index contributed by atoms with van der Waals surface area (Å²) in [4.78, 5) is 11.8. The maximum absolute atomic E-state index is 11.8. The van der Waals surface area contributed by atoms with Gasteiger partial charge >= 0.3 is 5.97 Å². The number of carbonyl (C=O) groups is 1. The number of esters is 1. The highest BCUT2D eigenvalue weighted by Crippen LogP contribution is 2.19. The van der Waals surface area contributed by atoms with Gasteiger partial charge in [0.2, 0.25) is 0 Å². The van der Waals surface area contributed by atoms with E-state index in [1.165, 1.54) is 18.2 Å². The van der Waals surface area contributed by atoms with E-state index in [2.05, 4.69) is 0 Å². The Hall–Kier alpha value is -1.76. The largest absolute Gasteiger partial charge is 0.458 e. The van der Waals surface area contributed by atoms with Crippen LogP contribution in [0.25, 0.3) is 0 Å². The summed E-state index contributed by atoms with van der Waals surface area (Å²) < 4.78 is 27.6. The van der Waals surface area contributed by atoms with Gasteiger partial charge in [-0.1, -0.05) is 0 Å². The molecule has 1 aromatic rings. The quantitative estimate of drug-likeness (QED) is 0.586. The molecular weight excluding hydrogens is 256 g/mol. The lowest BCUT2D eigenvalue weighted by Gasteiger charge is -2.10. The zero-order valence-corrected chi connectivity index (χ0v) is 10.4. The zero-order chi connectivity index (χ0) is 13.3. The topological polar surface area (TPSA) is 112 Å². The summed E-state index contributed by atoms with van der Waals surface area (Å²) in [5.41, 5.74) is 12.1. The van der Waals surface area contributed by atoms with Crippen LogP contribution in [-0.2, 0) is 14.6 Å². The summed E-state index contributed by atoms with van der Waals surface area (Å²) in [6, 6.07) is 4.42. The van der Waals surface area contributed by atoms with Gasteiger partial charge in [-0.05, 0) is 24.6 Å². The van der Waals surface area contributed by atoms with Crippen LogP contribution in [0.3, 0.4) is 0 Å². The highest BCUT2D eigenvalue weighted by molar-refractivity contribution is 7.91. The molecule has 98 valence electrons. The monoisotopic (exact) mass is 270 g/mol. The highest BCUT2D eigenvalue weighted by Gasteiger charge is 2.31. The zero-order valence-electron chi connectivity index (χ0n) is 9.63. The Balaban J connectivity index is 2.08. The Labute approximate surface area is 105 Å². The maximum Gasteiger partial charge on any atom is 0.338 e. The average molecular weight is 270 g/mol. The molecular formula is C11H14N2O4S. The van der Waals surface area contributed by atoms with Gasteiger partial charge < -0.3 is 16.2 Å². The molecule has 0 aliphatic carbocycles. The normalized spacial score (nSPS) is 21.7. The molecule has 0 aromatic heterocycles. The van der Waals surface area contributed by atoms with E-state index in [1.54, 1.807) is 0 Å². The van der Waals surface area contributed by atoms with Gasteiger partial charge in [-0.3, -0.25) is 0 Å². The second-order valence-electron chi connectivity index (χ2n) is 4.32. The van der Waals surface area contributed by atoms with Gasteiger partial charge in [-0.2, -0.15) is 0 Å². The molecule has 0 radical (unpaired) electrons. The third-order valence-electron chi connectivity index (χ3n) is 2.68. The number of benzene rings is 1. The van der Waals surface area contributed by atoms with E-state index >= 15 is 0 Å². The van der Waals surface area contributed by atoms with Crippen LogP contribution in [0.5, 0.6) is 0 Å². The maximum atomic E-state index is 11.8. The van der Waals surface area contributed by atoms with Crippen molar-refractivity contribution >= 4 is 27.2 Å². The number of hydrogen-bond acceptors (Lipinski definition) is 6. The molecule has 1 unspecified atom stereocenters. The fraction of sp³-hybridized carbons (Fsp3) is 0.364. The fourth-order valence-electron chi connectivity index (χ4n) is 1.87. The van der Waals surface area contributed by atoms with Crippen LogP contribution in [-0.4, -0.2) is 32.0 Å². The van der Waals surface area contributed by atoms with Crippen molar-refractivity contribution in [1.29, 1.82) is 0 Å². The van der Waals surface area contributed by atoms with Gasteiger partial charge in [-0.15, -0.1) is 0 Å². The molecule has 1 saturated heterocycles. The molecule has 1 aromatic carbocycles. The molecule has 0 amide bonds. The Kier molecular flexibility index (Phi) is 3.16. The summed E-state index contributed by atoms with van der Waals surface area (Å²) in [7, 11) is -3.07. The Bertz CT molecular complexity index is 562. The first-order valence-corrected chi connectivity index (χ1v) is 7.25. The molecule has 4 N–H and O–H groups in total. The van der Waals surface area contributed by atoms with Gasteiger partial charge in [0, 0.05) is 11.4 Å². The lowest BCUT2D eigenvalue weighted by atomic mass is 10.2. The third-order valence-corrected chi connectivity index (χ3v) is 4.42. The summed E-state index contributed by atoms with van der Waals surface area (Å²) in [6.45, 7) is 0. The number of sulfone groups is 1. The predicted molar refractivity (Wildman–Crippen MR) is 67.7 cm³/mol. The molecule has 1 heterocycles. The van der Waals surface area contributed by atoms with Crippen molar-refractivity contribution in [1.82, 2.24) is 0 Å². The van der Waals surface area contributed by atoms with Gasteiger partial charge in [0.05, 0.1) is 17.1 Å². The molecule has 0 saturated carbocycles. The van der Waals surface area contributed by atoms with E-state index in [-0.39, 0.29) is 17.1 Å². The molecule has 0 spiro atoms. The SMILES string of the molecule is Nc1cc(N)cc(C(=O)OC2CCS(=O)(=O)C2)c1. The summed E-state index contributed by atoms with van der Waals surface area (Å²) >= 11 is 0. The van der Waals surface area contributed by atoms with Gasteiger partial charge in [-0.25, -0.2) is 13.2 Å². The van der Waals surface area contributed by atoms with Crippen LogP contribution < -0.4 is 11.5 Å². The minimum Gasteiger partial charge on any atom is -0.458 e. The van der Waals surface area contributed by atoms with Crippen LogP contribution in [0, 0.1) is 0 Å². The molecule has 1 fully saturated rings. The van der Waals surface area contributed by atoms with Crippen LogP contribution in [0.2, 0.25) is 0 Å². The van der Waals surface area contributed by atoms with E-state index in [4.69, 9.17) is 16.2 Å². The smallest absolute Gasteiger partial charge is 0.338 e. The van der Waals surface area contributed by atoms with E-state index in [0.717, 1.165) is 0 Å². The average Bonchev–Trinajstić information content (AvgIpc) is 2.56. The Morgan fingerprint density at radius 3 is 2.33 bits per heavy atom. The van der Waals surface area contributed by atoms with Crippen LogP contribution in [0.4, 0.5) is 11.4 Å². The van der Waals surface area contributed by atoms with Gasteiger partial charge in [0.1, 0.15) is 6.10 Å². The lowest BCUT2D eigenvalue weighted by Crippen LogP contribution is -2.19. The standard InChI is InChI=1S/C11H14N2O4S/c12-8-3-7(4-9(13)5-8)11(14)17-10-1-2-18(15,16)6-10/h3-5,10H,1-2,6,12-13H2.